The first-order chi connectivity index (χ1) is 17.0. The Hall–Kier alpha value is -3.94. The predicted octanol–water partition coefficient (Wildman–Crippen LogP) is 4.86. The summed E-state index contributed by atoms with van der Waals surface area (Å²) >= 11 is 0. The van der Waals surface area contributed by atoms with Crippen molar-refractivity contribution >= 4 is 11.5 Å². The molecule has 4 aromatic rings. The molecule has 190 valence electrons. The normalized spacial score (nSPS) is 12.2. The molecule has 0 saturated heterocycles. The molecule has 3 heterocycles. The highest BCUT2D eigenvalue weighted by Gasteiger charge is 2.38. The number of hydrogen-bond donors (Lipinski definition) is 2. The molecular weight excluding hydrogens is 492 g/mol. The molecule has 14 heteroatoms. The lowest BCUT2D eigenvalue weighted by Crippen LogP contribution is -2.14. The quantitative estimate of drug-likeness (QED) is 0.344. The Kier molecular flexibility index (Phi) is 6.71. The number of rotatable bonds is 7. The van der Waals surface area contributed by atoms with E-state index in [-0.39, 0.29) is 31.3 Å². The molecule has 0 bridgehead atoms. The number of alkyl halides is 6. The van der Waals surface area contributed by atoms with Gasteiger partial charge in [0.25, 0.3) is 0 Å². The van der Waals surface area contributed by atoms with Crippen molar-refractivity contribution in [3.8, 4) is 11.5 Å². The van der Waals surface area contributed by atoms with Crippen molar-refractivity contribution < 1.29 is 31.4 Å². The number of hydrogen-bond acceptors (Lipinski definition) is 6. The topological polar surface area (TPSA) is 93.7 Å². The number of aryl methyl sites for hydroxylation is 1. The minimum absolute atomic E-state index is 0.00188. The zero-order chi connectivity index (χ0) is 26.1. The minimum atomic E-state index is -5.06. The number of anilines is 2. The van der Waals surface area contributed by atoms with Crippen molar-refractivity contribution in [1.29, 1.82) is 0 Å². The second-order valence-corrected chi connectivity index (χ2v) is 7.75. The molecule has 2 N–H and O–H groups in total. The Morgan fingerprint density at radius 2 is 1.69 bits per heavy atom. The Labute approximate surface area is 200 Å². The molecule has 4 rings (SSSR count). The average molecular weight is 511 g/mol. The second-order valence-electron chi connectivity index (χ2n) is 7.75. The average Bonchev–Trinajstić information content (AvgIpc) is 3.49. The van der Waals surface area contributed by atoms with Gasteiger partial charge in [-0.05, 0) is 44.0 Å². The number of nitrogens with one attached hydrogen (secondary N) is 1. The van der Waals surface area contributed by atoms with Crippen LogP contribution < -0.4 is 5.32 Å². The lowest BCUT2D eigenvalue weighted by Gasteiger charge is -2.20. The van der Waals surface area contributed by atoms with Crippen LogP contribution in [0.5, 0.6) is 0 Å². The fourth-order valence-electron chi connectivity index (χ4n) is 3.57. The Bertz CT molecular complexity index is 1350. The van der Waals surface area contributed by atoms with Gasteiger partial charge in [0.05, 0.1) is 34.9 Å². The first-order valence-electron chi connectivity index (χ1n) is 10.6. The number of aromatic nitrogens is 6. The zero-order valence-corrected chi connectivity index (χ0v) is 18.6. The number of aliphatic hydroxyl groups excluding tert-OH is 1. The molecule has 36 heavy (non-hydrogen) atoms. The van der Waals surface area contributed by atoms with Crippen molar-refractivity contribution in [2.45, 2.75) is 32.1 Å². The monoisotopic (exact) mass is 511 g/mol. The number of aliphatic hydroxyl groups is 1. The molecule has 0 saturated carbocycles. The molecule has 0 spiro atoms. The third-order valence-electron chi connectivity index (χ3n) is 5.16. The third kappa shape index (κ3) is 5.32. The number of pyridine rings is 1. The van der Waals surface area contributed by atoms with Crippen LogP contribution in [-0.4, -0.2) is 41.5 Å². The van der Waals surface area contributed by atoms with Gasteiger partial charge in [-0.1, -0.05) is 0 Å². The molecule has 0 unspecified atom stereocenters. The van der Waals surface area contributed by atoms with Crippen molar-refractivity contribution in [3.63, 3.8) is 0 Å². The van der Waals surface area contributed by atoms with Gasteiger partial charge in [0.2, 0.25) is 0 Å². The van der Waals surface area contributed by atoms with Crippen molar-refractivity contribution in [2.24, 2.45) is 0 Å². The highest BCUT2D eigenvalue weighted by Crippen LogP contribution is 2.40. The minimum Gasteiger partial charge on any atom is -0.396 e. The van der Waals surface area contributed by atoms with Crippen molar-refractivity contribution in [2.75, 3.05) is 11.9 Å². The Balaban J connectivity index is 1.82. The first-order valence-corrected chi connectivity index (χ1v) is 10.6. The third-order valence-corrected chi connectivity index (χ3v) is 5.16. The van der Waals surface area contributed by atoms with Gasteiger partial charge in [0, 0.05) is 30.1 Å². The molecule has 0 aliphatic heterocycles. The maximum atomic E-state index is 13.7. The SMILES string of the molecule is Cc1cc(-n2ccc(-n3nccn3)n2)c(CCCO)c(Nc2ccc(C(F)(F)F)cc2C(F)(F)F)n1. The Morgan fingerprint density at radius 1 is 0.972 bits per heavy atom. The largest absolute Gasteiger partial charge is 0.418 e. The lowest BCUT2D eigenvalue weighted by molar-refractivity contribution is -0.142. The van der Waals surface area contributed by atoms with E-state index in [9.17, 15) is 31.4 Å². The molecule has 8 nitrogen and oxygen atoms in total. The van der Waals surface area contributed by atoms with Crippen LogP contribution in [0, 0.1) is 6.92 Å². The molecule has 0 radical (unpaired) electrons. The summed E-state index contributed by atoms with van der Waals surface area (Å²) in [5, 5.41) is 24.3. The highest BCUT2D eigenvalue weighted by atomic mass is 19.4. The maximum Gasteiger partial charge on any atom is 0.418 e. The maximum absolute atomic E-state index is 13.7. The van der Waals surface area contributed by atoms with Gasteiger partial charge in [-0.25, -0.2) is 9.67 Å². The van der Waals surface area contributed by atoms with E-state index in [0.717, 1.165) is 6.07 Å². The van der Waals surface area contributed by atoms with Gasteiger partial charge < -0.3 is 10.4 Å². The van der Waals surface area contributed by atoms with E-state index in [2.05, 4.69) is 25.6 Å². The van der Waals surface area contributed by atoms with E-state index >= 15 is 0 Å². The van der Waals surface area contributed by atoms with Gasteiger partial charge >= 0.3 is 12.4 Å². The van der Waals surface area contributed by atoms with Crippen LogP contribution in [0.1, 0.15) is 28.8 Å². The molecule has 0 fully saturated rings. The van der Waals surface area contributed by atoms with Crippen LogP contribution in [0.3, 0.4) is 0 Å². The van der Waals surface area contributed by atoms with E-state index in [4.69, 9.17) is 0 Å². The van der Waals surface area contributed by atoms with Crippen molar-refractivity contribution in [1.82, 2.24) is 29.8 Å². The summed E-state index contributed by atoms with van der Waals surface area (Å²) in [4.78, 5) is 5.58. The van der Waals surface area contributed by atoms with Crippen LogP contribution in [0.4, 0.5) is 37.8 Å². The first kappa shape index (κ1) is 25.2. The fourth-order valence-corrected chi connectivity index (χ4v) is 3.57. The van der Waals surface area contributed by atoms with Crippen LogP contribution in [-0.2, 0) is 18.8 Å². The van der Waals surface area contributed by atoms with E-state index in [1.165, 1.54) is 21.9 Å². The van der Waals surface area contributed by atoms with E-state index in [0.29, 0.717) is 28.8 Å². The summed E-state index contributed by atoms with van der Waals surface area (Å²) < 4.78 is 81.8. The van der Waals surface area contributed by atoms with E-state index in [1.54, 1.807) is 25.3 Å². The van der Waals surface area contributed by atoms with E-state index in [1.807, 2.05) is 0 Å². The number of halogens is 6. The standard InChI is InChI=1S/C22H19F6N7O/c1-13-11-18(34-9-6-19(33-34)35-29-7-8-30-35)15(3-2-10-36)20(31-13)32-17-5-4-14(21(23,24)25)12-16(17)22(26,27)28/h4-9,11-12,36H,2-3,10H2,1H3,(H,31,32). The summed E-state index contributed by atoms with van der Waals surface area (Å²) in [6.45, 7) is 1.41. The molecular formula is C22H19F6N7O. The molecule has 0 aliphatic carbocycles. The summed E-state index contributed by atoms with van der Waals surface area (Å²) in [6.07, 6.45) is -5.03. The highest BCUT2D eigenvalue weighted by molar-refractivity contribution is 5.68. The van der Waals surface area contributed by atoms with Crippen LogP contribution in [0.2, 0.25) is 0 Å². The van der Waals surface area contributed by atoms with Crippen LogP contribution in [0.15, 0.2) is 48.9 Å². The number of benzene rings is 1. The predicted molar refractivity (Wildman–Crippen MR) is 116 cm³/mol. The van der Waals surface area contributed by atoms with Crippen molar-refractivity contribution in [3.05, 3.63) is 71.3 Å². The fraction of sp³-hybridized carbons (Fsp3) is 0.273. The zero-order valence-electron chi connectivity index (χ0n) is 18.6. The smallest absolute Gasteiger partial charge is 0.396 e. The molecule has 3 aromatic heterocycles. The van der Waals surface area contributed by atoms with Gasteiger partial charge in [-0.3, -0.25) is 0 Å². The summed E-state index contributed by atoms with van der Waals surface area (Å²) in [5.41, 5.74) is -2.22. The molecule has 0 atom stereocenters. The van der Waals surface area contributed by atoms with Gasteiger partial charge in [0.15, 0.2) is 5.82 Å². The summed E-state index contributed by atoms with van der Waals surface area (Å²) in [6, 6.07) is 4.63. The van der Waals surface area contributed by atoms with Crippen LogP contribution >= 0.6 is 0 Å². The summed E-state index contributed by atoms with van der Waals surface area (Å²) in [5.74, 6) is 0.372. The lowest BCUT2D eigenvalue weighted by atomic mass is 10.1. The molecule has 1 aromatic carbocycles. The van der Waals surface area contributed by atoms with E-state index < -0.39 is 29.2 Å². The number of nitrogens with zero attached hydrogens (tertiary/aromatic N) is 6. The van der Waals surface area contributed by atoms with Gasteiger partial charge in [0.1, 0.15) is 5.82 Å². The Morgan fingerprint density at radius 3 is 2.33 bits per heavy atom. The van der Waals surface area contributed by atoms with Crippen LogP contribution in [0.25, 0.3) is 11.5 Å². The van der Waals surface area contributed by atoms with Gasteiger partial charge in [-0.2, -0.15) is 36.5 Å². The molecule has 0 aliphatic rings. The second kappa shape index (κ2) is 9.60. The molecule has 0 amide bonds. The van der Waals surface area contributed by atoms with Gasteiger partial charge in [-0.15, -0.1) is 9.90 Å². The summed E-state index contributed by atoms with van der Waals surface area (Å²) in [7, 11) is 0.